The van der Waals surface area contributed by atoms with Gasteiger partial charge in [-0.3, -0.25) is 9.59 Å². The van der Waals surface area contributed by atoms with E-state index in [0.717, 1.165) is 10.5 Å². The minimum absolute atomic E-state index is 0.126. The number of anilines is 2. The van der Waals surface area contributed by atoms with E-state index in [1.165, 1.54) is 18.9 Å². The lowest BCUT2D eigenvalue weighted by Gasteiger charge is -2.12. The van der Waals surface area contributed by atoms with Gasteiger partial charge in [-0.1, -0.05) is 29.8 Å². The van der Waals surface area contributed by atoms with E-state index in [1.807, 2.05) is 36.4 Å². The minimum atomic E-state index is -0.171. The first kappa shape index (κ1) is 23.5. The number of carbonyl (C=O) groups excluding carboxylic acids is 2. The second-order valence-corrected chi connectivity index (χ2v) is 8.27. The number of hydrogen-bond donors (Lipinski definition) is 2. The van der Waals surface area contributed by atoms with Gasteiger partial charge in [0.2, 0.25) is 11.8 Å². The summed E-state index contributed by atoms with van der Waals surface area (Å²) in [6, 6.07) is 19.7. The van der Waals surface area contributed by atoms with Gasteiger partial charge in [-0.25, -0.2) is 0 Å². The lowest BCUT2D eigenvalue weighted by atomic mass is 10.1. The second kappa shape index (κ2) is 11.5. The molecular weight excluding hydrogens is 448 g/mol. The van der Waals surface area contributed by atoms with Crippen LogP contribution in [-0.2, 0) is 16.0 Å². The lowest BCUT2D eigenvalue weighted by molar-refractivity contribution is -0.115. The van der Waals surface area contributed by atoms with Gasteiger partial charge >= 0.3 is 0 Å². The Labute approximate surface area is 196 Å². The van der Waals surface area contributed by atoms with Crippen LogP contribution in [0.2, 0.25) is 5.02 Å². The topological polar surface area (TPSA) is 76.7 Å². The van der Waals surface area contributed by atoms with E-state index in [4.69, 9.17) is 21.1 Å². The molecule has 6 nitrogen and oxygen atoms in total. The third kappa shape index (κ3) is 6.93. The summed E-state index contributed by atoms with van der Waals surface area (Å²) in [5.74, 6) is 1.07. The molecule has 0 aliphatic carbocycles. The maximum Gasteiger partial charge on any atom is 0.234 e. The summed E-state index contributed by atoms with van der Waals surface area (Å²) in [6.07, 6.45) is 0.251. The fourth-order valence-electron chi connectivity index (χ4n) is 2.89. The van der Waals surface area contributed by atoms with Crippen LogP contribution < -0.4 is 20.1 Å². The van der Waals surface area contributed by atoms with E-state index >= 15 is 0 Å². The molecule has 0 aliphatic heterocycles. The summed E-state index contributed by atoms with van der Waals surface area (Å²) in [5.41, 5.74) is 2.12. The zero-order chi connectivity index (χ0) is 22.9. The smallest absolute Gasteiger partial charge is 0.234 e. The van der Waals surface area contributed by atoms with Crippen LogP contribution in [-0.4, -0.2) is 31.8 Å². The molecular formula is C24H23ClN2O4S. The number of rotatable bonds is 9. The molecule has 0 spiro atoms. The van der Waals surface area contributed by atoms with Crippen molar-refractivity contribution in [2.24, 2.45) is 0 Å². The zero-order valence-electron chi connectivity index (χ0n) is 17.7. The summed E-state index contributed by atoms with van der Waals surface area (Å²) in [4.78, 5) is 25.6. The molecule has 0 heterocycles. The van der Waals surface area contributed by atoms with Gasteiger partial charge in [0, 0.05) is 21.7 Å². The van der Waals surface area contributed by atoms with Crippen molar-refractivity contribution in [3.63, 3.8) is 0 Å². The second-order valence-electron chi connectivity index (χ2n) is 6.78. The number of amides is 2. The van der Waals surface area contributed by atoms with Crippen molar-refractivity contribution in [2.75, 3.05) is 30.6 Å². The quantitative estimate of drug-likeness (QED) is 0.417. The Bertz CT molecular complexity index is 1090. The van der Waals surface area contributed by atoms with E-state index in [0.29, 0.717) is 27.9 Å². The van der Waals surface area contributed by atoms with Crippen LogP contribution in [0.4, 0.5) is 11.4 Å². The molecule has 0 bridgehead atoms. The molecule has 2 N–H and O–H groups in total. The number of thioether (sulfide) groups is 1. The molecule has 166 valence electrons. The van der Waals surface area contributed by atoms with Gasteiger partial charge in [0.15, 0.2) is 0 Å². The van der Waals surface area contributed by atoms with Gasteiger partial charge in [-0.2, -0.15) is 0 Å². The van der Waals surface area contributed by atoms with Crippen molar-refractivity contribution >= 4 is 46.6 Å². The molecule has 0 fully saturated rings. The molecule has 3 rings (SSSR count). The molecule has 32 heavy (non-hydrogen) atoms. The molecule has 0 saturated carbocycles. The predicted octanol–water partition coefficient (Wildman–Crippen LogP) is 5.27. The molecule has 0 atom stereocenters. The molecule has 2 amide bonds. The highest BCUT2D eigenvalue weighted by molar-refractivity contribution is 8.00. The summed E-state index contributed by atoms with van der Waals surface area (Å²) in [6.45, 7) is 0. The van der Waals surface area contributed by atoms with E-state index in [2.05, 4.69) is 10.6 Å². The van der Waals surface area contributed by atoms with E-state index in [1.54, 1.807) is 37.4 Å². The van der Waals surface area contributed by atoms with Crippen LogP contribution in [0.3, 0.4) is 0 Å². The van der Waals surface area contributed by atoms with E-state index in [9.17, 15) is 9.59 Å². The predicted molar refractivity (Wildman–Crippen MR) is 129 cm³/mol. The Morgan fingerprint density at radius 3 is 2.41 bits per heavy atom. The van der Waals surface area contributed by atoms with Gasteiger partial charge < -0.3 is 20.1 Å². The highest BCUT2D eigenvalue weighted by Crippen LogP contribution is 2.29. The van der Waals surface area contributed by atoms with Gasteiger partial charge in [-0.05, 0) is 48.0 Å². The highest BCUT2D eigenvalue weighted by Gasteiger charge is 2.10. The first-order valence-electron chi connectivity index (χ1n) is 9.76. The van der Waals surface area contributed by atoms with Crippen molar-refractivity contribution < 1.29 is 19.1 Å². The largest absolute Gasteiger partial charge is 0.497 e. The molecule has 3 aromatic carbocycles. The molecule has 8 heteroatoms. The lowest BCUT2D eigenvalue weighted by Crippen LogP contribution is -2.15. The standard InChI is InChI=1S/C24H23ClN2O4S/c1-30-19-10-11-21(22(14-19)31-2)27-24(29)15-32-20-5-3-4-18(13-20)26-23(28)12-16-6-8-17(25)9-7-16/h3-11,13-14H,12,15H2,1-2H3,(H,26,28)(H,27,29). The molecule has 0 aliphatic rings. The normalized spacial score (nSPS) is 10.3. The third-order valence-corrected chi connectivity index (χ3v) is 5.69. The van der Waals surface area contributed by atoms with Crippen LogP contribution in [0.25, 0.3) is 0 Å². The number of hydrogen-bond acceptors (Lipinski definition) is 5. The van der Waals surface area contributed by atoms with Gasteiger partial charge in [0.05, 0.1) is 32.1 Å². The van der Waals surface area contributed by atoms with Crippen molar-refractivity contribution in [3.05, 3.63) is 77.3 Å². The Morgan fingerprint density at radius 2 is 1.69 bits per heavy atom. The van der Waals surface area contributed by atoms with Crippen molar-refractivity contribution in [2.45, 2.75) is 11.3 Å². The van der Waals surface area contributed by atoms with Crippen LogP contribution in [0.15, 0.2) is 71.6 Å². The average molecular weight is 471 g/mol. The molecule has 0 radical (unpaired) electrons. The maximum absolute atomic E-state index is 12.4. The molecule has 0 aromatic heterocycles. The number of benzene rings is 3. The number of methoxy groups -OCH3 is 2. The van der Waals surface area contributed by atoms with Crippen LogP contribution in [0.5, 0.6) is 11.5 Å². The Kier molecular flexibility index (Phi) is 8.41. The first-order chi connectivity index (χ1) is 15.5. The summed E-state index contributed by atoms with van der Waals surface area (Å²) < 4.78 is 10.5. The fourth-order valence-corrected chi connectivity index (χ4v) is 3.77. The summed E-state index contributed by atoms with van der Waals surface area (Å²) in [7, 11) is 3.10. The number of nitrogens with one attached hydrogen (secondary N) is 2. The zero-order valence-corrected chi connectivity index (χ0v) is 19.3. The van der Waals surface area contributed by atoms with Crippen LogP contribution in [0, 0.1) is 0 Å². The first-order valence-corrected chi connectivity index (χ1v) is 11.1. The fraction of sp³-hybridized carbons (Fsp3) is 0.167. The van der Waals surface area contributed by atoms with Crippen LogP contribution in [0.1, 0.15) is 5.56 Å². The number of halogens is 1. The minimum Gasteiger partial charge on any atom is -0.497 e. The van der Waals surface area contributed by atoms with E-state index in [-0.39, 0.29) is 24.0 Å². The molecule has 3 aromatic rings. The van der Waals surface area contributed by atoms with Gasteiger partial charge in [-0.15, -0.1) is 11.8 Å². The number of carbonyl (C=O) groups is 2. The SMILES string of the molecule is COc1ccc(NC(=O)CSc2cccc(NC(=O)Cc3ccc(Cl)cc3)c2)c(OC)c1. The average Bonchev–Trinajstić information content (AvgIpc) is 2.79. The summed E-state index contributed by atoms with van der Waals surface area (Å²) >= 11 is 7.25. The Balaban J connectivity index is 1.53. The Morgan fingerprint density at radius 1 is 0.906 bits per heavy atom. The number of ether oxygens (including phenoxy) is 2. The van der Waals surface area contributed by atoms with Crippen LogP contribution >= 0.6 is 23.4 Å². The van der Waals surface area contributed by atoms with Gasteiger partial charge in [0.1, 0.15) is 11.5 Å². The van der Waals surface area contributed by atoms with Crippen molar-refractivity contribution in [1.29, 1.82) is 0 Å². The van der Waals surface area contributed by atoms with Gasteiger partial charge in [0.25, 0.3) is 0 Å². The Hall–Kier alpha value is -3.16. The highest BCUT2D eigenvalue weighted by atomic mass is 35.5. The van der Waals surface area contributed by atoms with Crippen molar-refractivity contribution in [1.82, 2.24) is 0 Å². The molecule has 0 saturated heterocycles. The monoisotopic (exact) mass is 470 g/mol. The van der Waals surface area contributed by atoms with Crippen molar-refractivity contribution in [3.8, 4) is 11.5 Å². The van der Waals surface area contributed by atoms with E-state index < -0.39 is 0 Å². The molecule has 0 unspecified atom stereocenters. The third-order valence-electron chi connectivity index (χ3n) is 4.45. The maximum atomic E-state index is 12.4. The summed E-state index contributed by atoms with van der Waals surface area (Å²) in [5, 5.41) is 6.36.